The lowest BCUT2D eigenvalue weighted by Gasteiger charge is -2.24. The fourth-order valence-corrected chi connectivity index (χ4v) is 0.998. The van der Waals surface area contributed by atoms with Crippen LogP contribution in [0.3, 0.4) is 0 Å². The average molecular weight is 160 g/mol. The minimum Gasteiger partial charge on any atom is -0.394 e. The van der Waals surface area contributed by atoms with E-state index in [0.29, 0.717) is 6.61 Å². The molecule has 0 aromatic rings. The minimum absolute atomic E-state index is 0.00389. The van der Waals surface area contributed by atoms with Crippen molar-refractivity contribution >= 4 is 0 Å². The molecule has 0 radical (unpaired) electrons. The van der Waals surface area contributed by atoms with E-state index < -0.39 is 0 Å². The van der Waals surface area contributed by atoms with E-state index in [1.165, 1.54) is 0 Å². The second kappa shape index (κ2) is 3.09. The molecule has 0 saturated carbocycles. The Morgan fingerprint density at radius 1 is 1.45 bits per heavy atom. The number of aliphatic hydroxyl groups excluding tert-OH is 1. The summed E-state index contributed by atoms with van der Waals surface area (Å²) in [6.07, 6.45) is -0.293. The summed E-state index contributed by atoms with van der Waals surface area (Å²) < 4.78 is 10.7. The normalized spacial score (nSPS) is 32.7. The molecule has 3 heteroatoms. The molecular weight excluding hydrogens is 144 g/mol. The van der Waals surface area contributed by atoms with Crippen LogP contribution in [-0.4, -0.2) is 30.7 Å². The third-order valence-electron chi connectivity index (χ3n) is 1.66. The van der Waals surface area contributed by atoms with Crippen LogP contribution in [0, 0.1) is 5.41 Å². The standard InChI is InChI=1S/C8H16O3/c1-8(2,3)7-10-5-6(4-9)11-7/h6-7,9H,4-5H2,1-3H3. The predicted molar refractivity (Wildman–Crippen MR) is 41.2 cm³/mol. The highest BCUT2D eigenvalue weighted by atomic mass is 16.7. The topological polar surface area (TPSA) is 38.7 Å². The number of aliphatic hydroxyl groups is 1. The van der Waals surface area contributed by atoms with Gasteiger partial charge in [-0.2, -0.15) is 0 Å². The van der Waals surface area contributed by atoms with Crippen molar-refractivity contribution in [3.63, 3.8) is 0 Å². The van der Waals surface area contributed by atoms with Gasteiger partial charge in [0.15, 0.2) is 6.29 Å². The van der Waals surface area contributed by atoms with Crippen LogP contribution >= 0.6 is 0 Å². The monoisotopic (exact) mass is 160 g/mol. The van der Waals surface area contributed by atoms with E-state index in [9.17, 15) is 0 Å². The van der Waals surface area contributed by atoms with Crippen molar-refractivity contribution < 1.29 is 14.6 Å². The Labute approximate surface area is 67.3 Å². The van der Waals surface area contributed by atoms with E-state index >= 15 is 0 Å². The highest BCUT2D eigenvalue weighted by Crippen LogP contribution is 2.28. The molecule has 0 aromatic carbocycles. The molecule has 0 bridgehead atoms. The van der Waals surface area contributed by atoms with E-state index in [-0.39, 0.29) is 24.4 Å². The molecule has 1 aliphatic rings. The molecule has 11 heavy (non-hydrogen) atoms. The highest BCUT2D eigenvalue weighted by molar-refractivity contribution is 4.73. The average Bonchev–Trinajstić information content (AvgIpc) is 2.32. The first kappa shape index (κ1) is 8.97. The highest BCUT2D eigenvalue weighted by Gasteiger charge is 2.34. The molecule has 1 N–H and O–H groups in total. The maximum atomic E-state index is 8.74. The zero-order valence-corrected chi connectivity index (χ0v) is 7.33. The lowest BCUT2D eigenvalue weighted by atomic mass is 9.96. The van der Waals surface area contributed by atoms with E-state index in [0.717, 1.165) is 0 Å². The maximum Gasteiger partial charge on any atom is 0.163 e. The second-order valence-corrected chi connectivity index (χ2v) is 3.97. The van der Waals surface area contributed by atoms with Gasteiger partial charge in [0.2, 0.25) is 0 Å². The third kappa shape index (κ3) is 2.15. The Kier molecular flexibility index (Phi) is 2.52. The van der Waals surface area contributed by atoms with Gasteiger partial charge in [-0.1, -0.05) is 20.8 Å². The zero-order chi connectivity index (χ0) is 8.48. The van der Waals surface area contributed by atoms with Gasteiger partial charge < -0.3 is 14.6 Å². The van der Waals surface area contributed by atoms with Gasteiger partial charge in [-0.15, -0.1) is 0 Å². The second-order valence-electron chi connectivity index (χ2n) is 3.97. The summed E-state index contributed by atoms with van der Waals surface area (Å²) >= 11 is 0. The summed E-state index contributed by atoms with van der Waals surface area (Å²) in [5, 5.41) is 8.74. The van der Waals surface area contributed by atoms with Crippen LogP contribution in [0.25, 0.3) is 0 Å². The van der Waals surface area contributed by atoms with E-state index in [1.807, 2.05) is 0 Å². The number of hydrogen-bond acceptors (Lipinski definition) is 3. The first-order valence-corrected chi connectivity index (χ1v) is 3.92. The maximum absolute atomic E-state index is 8.74. The SMILES string of the molecule is CC(C)(C)C1OCC(CO)O1. The van der Waals surface area contributed by atoms with Gasteiger partial charge in [0.05, 0.1) is 13.2 Å². The summed E-state index contributed by atoms with van der Waals surface area (Å²) in [6, 6.07) is 0. The van der Waals surface area contributed by atoms with Crippen molar-refractivity contribution in [2.24, 2.45) is 5.41 Å². The van der Waals surface area contributed by atoms with Crippen LogP contribution in [-0.2, 0) is 9.47 Å². The Morgan fingerprint density at radius 3 is 2.36 bits per heavy atom. The lowest BCUT2D eigenvalue weighted by Crippen LogP contribution is -2.28. The quantitative estimate of drug-likeness (QED) is 0.615. The largest absolute Gasteiger partial charge is 0.394 e. The van der Waals surface area contributed by atoms with Crippen LogP contribution < -0.4 is 0 Å². The molecular formula is C8H16O3. The van der Waals surface area contributed by atoms with Gasteiger partial charge >= 0.3 is 0 Å². The molecule has 0 aromatic heterocycles. The van der Waals surface area contributed by atoms with Crippen molar-refractivity contribution in [2.75, 3.05) is 13.2 Å². The first-order valence-electron chi connectivity index (χ1n) is 3.92. The van der Waals surface area contributed by atoms with Gasteiger partial charge in [-0.25, -0.2) is 0 Å². The van der Waals surface area contributed by atoms with Gasteiger partial charge in [-0.05, 0) is 0 Å². The Hall–Kier alpha value is -0.120. The number of rotatable bonds is 1. The zero-order valence-electron chi connectivity index (χ0n) is 7.33. The van der Waals surface area contributed by atoms with Crippen LogP contribution in [0.2, 0.25) is 0 Å². The number of hydrogen-bond donors (Lipinski definition) is 1. The Bertz CT molecular complexity index is 128. The Morgan fingerprint density at radius 2 is 2.09 bits per heavy atom. The molecule has 1 heterocycles. The molecule has 0 spiro atoms. The van der Waals surface area contributed by atoms with Crippen LogP contribution in [0.15, 0.2) is 0 Å². The number of ether oxygens (including phenoxy) is 2. The fraction of sp³-hybridized carbons (Fsp3) is 1.00. The van der Waals surface area contributed by atoms with Crippen LogP contribution in [0.5, 0.6) is 0 Å². The van der Waals surface area contributed by atoms with Crippen LogP contribution in [0.4, 0.5) is 0 Å². The lowest BCUT2D eigenvalue weighted by molar-refractivity contribution is -0.128. The minimum atomic E-state index is -0.167. The van der Waals surface area contributed by atoms with Crippen LogP contribution in [0.1, 0.15) is 20.8 Å². The van der Waals surface area contributed by atoms with E-state index in [2.05, 4.69) is 20.8 Å². The van der Waals surface area contributed by atoms with Crippen molar-refractivity contribution in [3.05, 3.63) is 0 Å². The molecule has 1 saturated heterocycles. The molecule has 0 aliphatic carbocycles. The van der Waals surface area contributed by atoms with Crippen molar-refractivity contribution in [1.82, 2.24) is 0 Å². The molecule has 0 amide bonds. The molecule has 2 unspecified atom stereocenters. The van der Waals surface area contributed by atoms with Gasteiger partial charge in [-0.3, -0.25) is 0 Å². The summed E-state index contributed by atoms with van der Waals surface area (Å²) in [5.74, 6) is 0. The summed E-state index contributed by atoms with van der Waals surface area (Å²) in [5.41, 5.74) is 0.00389. The smallest absolute Gasteiger partial charge is 0.163 e. The molecule has 1 fully saturated rings. The summed E-state index contributed by atoms with van der Waals surface area (Å²) in [7, 11) is 0. The van der Waals surface area contributed by atoms with E-state index in [1.54, 1.807) is 0 Å². The Balaban J connectivity index is 2.42. The van der Waals surface area contributed by atoms with Crippen molar-refractivity contribution in [2.45, 2.75) is 33.2 Å². The third-order valence-corrected chi connectivity index (χ3v) is 1.66. The molecule has 1 aliphatic heterocycles. The fourth-order valence-electron chi connectivity index (χ4n) is 0.998. The first-order chi connectivity index (χ1) is 5.04. The molecule has 2 atom stereocenters. The summed E-state index contributed by atoms with van der Waals surface area (Å²) in [6.45, 7) is 6.72. The molecule has 66 valence electrons. The van der Waals surface area contributed by atoms with Gasteiger partial charge in [0, 0.05) is 5.41 Å². The molecule has 1 rings (SSSR count). The van der Waals surface area contributed by atoms with Crippen molar-refractivity contribution in [1.29, 1.82) is 0 Å². The van der Waals surface area contributed by atoms with Gasteiger partial charge in [0.25, 0.3) is 0 Å². The van der Waals surface area contributed by atoms with Gasteiger partial charge in [0.1, 0.15) is 6.10 Å². The predicted octanol–water partition coefficient (Wildman–Crippen LogP) is 0.766. The molecule has 3 nitrogen and oxygen atoms in total. The van der Waals surface area contributed by atoms with E-state index in [4.69, 9.17) is 14.6 Å². The summed E-state index contributed by atoms with van der Waals surface area (Å²) in [4.78, 5) is 0. The van der Waals surface area contributed by atoms with Crippen molar-refractivity contribution in [3.8, 4) is 0 Å².